The van der Waals surface area contributed by atoms with E-state index in [0.29, 0.717) is 12.5 Å². The molecule has 0 atom stereocenters. The van der Waals surface area contributed by atoms with Crippen LogP contribution in [0, 0.1) is 5.41 Å². The van der Waals surface area contributed by atoms with Crippen LogP contribution in [0.3, 0.4) is 0 Å². The van der Waals surface area contributed by atoms with Crippen LogP contribution in [0.1, 0.15) is 23.1 Å². The Morgan fingerprint density at radius 3 is 2.17 bits per heavy atom. The minimum Gasteiger partial charge on any atom is -0.481 e. The van der Waals surface area contributed by atoms with Crippen molar-refractivity contribution in [1.82, 2.24) is 5.32 Å². The summed E-state index contributed by atoms with van der Waals surface area (Å²) in [6.07, 6.45) is -10.00. The number of hydrogen-bond donors (Lipinski definition) is 4. The Hall–Kier alpha value is -3.83. The van der Waals surface area contributed by atoms with Crippen molar-refractivity contribution in [1.29, 1.82) is 5.41 Å². The molecule has 0 aromatic heterocycles. The van der Waals surface area contributed by atoms with Gasteiger partial charge >= 0.3 is 18.3 Å². The molecule has 0 aliphatic heterocycles. The standard InChI is InChI=1S/C23H21F6N3O3/c24-22(25,26)17-9-8-15(12-19(33)34)11-18(17)32-21(35)16(13-30)20(23(27,28)29)31-10-4-7-14-5-2-1-3-6-14/h1-3,5-6,8-9,11,13,30-31H,4,7,10,12H2,(H,32,35)(H,33,34)/b20-16+,30-13?. The van der Waals surface area contributed by atoms with E-state index in [2.05, 4.69) is 5.32 Å². The van der Waals surface area contributed by atoms with Crippen LogP contribution in [0.2, 0.25) is 0 Å². The average Bonchev–Trinajstić information content (AvgIpc) is 2.74. The Morgan fingerprint density at radius 2 is 1.63 bits per heavy atom. The lowest BCUT2D eigenvalue weighted by Crippen LogP contribution is -2.33. The third-order valence-electron chi connectivity index (χ3n) is 4.72. The van der Waals surface area contributed by atoms with Gasteiger partial charge in [-0.25, -0.2) is 0 Å². The monoisotopic (exact) mass is 501 g/mol. The molecule has 0 radical (unpaired) electrons. The number of carboxylic acid groups (broad SMARTS) is 1. The van der Waals surface area contributed by atoms with E-state index in [0.717, 1.165) is 17.7 Å². The van der Waals surface area contributed by atoms with Gasteiger partial charge in [0.15, 0.2) is 0 Å². The van der Waals surface area contributed by atoms with Gasteiger partial charge in [-0.3, -0.25) is 9.59 Å². The van der Waals surface area contributed by atoms with Crippen LogP contribution in [-0.4, -0.2) is 35.9 Å². The molecule has 2 aromatic rings. The number of carbonyl (C=O) groups excluding carboxylic acids is 1. The molecule has 6 nitrogen and oxygen atoms in total. The van der Waals surface area contributed by atoms with Gasteiger partial charge in [0, 0.05) is 12.8 Å². The maximum atomic E-state index is 13.6. The van der Waals surface area contributed by atoms with Crippen molar-refractivity contribution in [3.8, 4) is 0 Å². The fraction of sp³-hybridized carbons (Fsp3) is 0.261. The number of hydrogen-bond acceptors (Lipinski definition) is 4. The smallest absolute Gasteiger partial charge is 0.431 e. The predicted molar refractivity (Wildman–Crippen MR) is 116 cm³/mol. The van der Waals surface area contributed by atoms with Crippen LogP contribution in [0.25, 0.3) is 0 Å². The van der Waals surface area contributed by atoms with Crippen molar-refractivity contribution in [3.63, 3.8) is 0 Å². The van der Waals surface area contributed by atoms with Gasteiger partial charge in [0.25, 0.3) is 5.91 Å². The molecule has 0 aliphatic carbocycles. The molecule has 0 fully saturated rings. The Bertz CT molecular complexity index is 1100. The zero-order valence-electron chi connectivity index (χ0n) is 18.1. The number of anilines is 1. The van der Waals surface area contributed by atoms with E-state index >= 15 is 0 Å². The molecule has 1 amide bonds. The maximum Gasteiger partial charge on any atom is 0.431 e. The average molecular weight is 501 g/mol. The lowest BCUT2D eigenvalue weighted by molar-refractivity contribution is -0.137. The molecule has 0 heterocycles. The third-order valence-corrected chi connectivity index (χ3v) is 4.72. The highest BCUT2D eigenvalue weighted by atomic mass is 19.4. The number of carboxylic acids is 1. The largest absolute Gasteiger partial charge is 0.481 e. The van der Waals surface area contributed by atoms with Gasteiger partial charge in [-0.05, 0) is 36.1 Å². The summed E-state index contributed by atoms with van der Waals surface area (Å²) in [5.74, 6) is -2.97. The molecule has 0 unspecified atom stereocenters. The van der Waals surface area contributed by atoms with E-state index in [-0.39, 0.29) is 24.7 Å². The minimum absolute atomic E-state index is 0.0940. The second-order valence-electron chi connectivity index (χ2n) is 7.35. The van der Waals surface area contributed by atoms with Crippen molar-refractivity contribution >= 4 is 23.8 Å². The van der Waals surface area contributed by atoms with Crippen LogP contribution < -0.4 is 10.6 Å². The van der Waals surface area contributed by atoms with Gasteiger partial charge in [0.1, 0.15) is 5.70 Å². The highest BCUT2D eigenvalue weighted by molar-refractivity contribution is 6.18. The number of amides is 1. The summed E-state index contributed by atoms with van der Waals surface area (Å²) >= 11 is 0. The first kappa shape index (κ1) is 27.4. The van der Waals surface area contributed by atoms with Gasteiger partial charge in [-0.1, -0.05) is 36.4 Å². The molecule has 0 spiro atoms. The molecule has 0 saturated heterocycles. The van der Waals surface area contributed by atoms with Gasteiger partial charge in [-0.15, -0.1) is 0 Å². The van der Waals surface area contributed by atoms with Crippen molar-refractivity contribution in [2.45, 2.75) is 31.6 Å². The summed E-state index contributed by atoms with van der Waals surface area (Å²) in [6.45, 7) is -0.226. The number of allylic oxidation sites excluding steroid dienone is 1. The van der Waals surface area contributed by atoms with Crippen LogP contribution in [0.5, 0.6) is 0 Å². The third kappa shape index (κ3) is 8.16. The van der Waals surface area contributed by atoms with Crippen LogP contribution in [0.4, 0.5) is 32.0 Å². The highest BCUT2D eigenvalue weighted by Gasteiger charge is 2.39. The molecule has 2 rings (SSSR count). The maximum absolute atomic E-state index is 13.6. The summed E-state index contributed by atoms with van der Waals surface area (Å²) in [5, 5.41) is 20.0. The number of carbonyl (C=O) groups is 2. The first-order valence-electron chi connectivity index (χ1n) is 10.2. The number of nitrogens with one attached hydrogen (secondary N) is 3. The normalized spacial score (nSPS) is 12.5. The first-order valence-corrected chi connectivity index (χ1v) is 10.2. The van der Waals surface area contributed by atoms with Crippen molar-refractivity contribution in [2.75, 3.05) is 11.9 Å². The number of benzene rings is 2. The Labute approximate surface area is 196 Å². The summed E-state index contributed by atoms with van der Waals surface area (Å²) in [6, 6.07) is 11.0. The second-order valence-corrected chi connectivity index (χ2v) is 7.35. The van der Waals surface area contributed by atoms with Crippen LogP contribution >= 0.6 is 0 Å². The fourth-order valence-electron chi connectivity index (χ4n) is 3.17. The first-order chi connectivity index (χ1) is 16.3. The summed E-state index contributed by atoms with van der Waals surface area (Å²) in [4.78, 5) is 23.4. The van der Waals surface area contributed by atoms with E-state index in [1.807, 2.05) is 0 Å². The zero-order valence-corrected chi connectivity index (χ0v) is 18.1. The molecule has 0 aliphatic rings. The van der Waals surface area contributed by atoms with Gasteiger partial charge in [0.2, 0.25) is 0 Å². The van der Waals surface area contributed by atoms with Crippen molar-refractivity contribution in [2.24, 2.45) is 0 Å². The number of aliphatic carboxylic acids is 1. The number of halogens is 6. The molecule has 2 aromatic carbocycles. The molecule has 188 valence electrons. The summed E-state index contributed by atoms with van der Waals surface area (Å²) in [5.41, 5.74) is -4.35. The molecular formula is C23H21F6N3O3. The second kappa shape index (κ2) is 11.5. The molecule has 0 saturated carbocycles. The predicted octanol–water partition coefficient (Wildman–Crippen LogP) is 4.96. The van der Waals surface area contributed by atoms with E-state index in [1.165, 1.54) is 0 Å². The lowest BCUT2D eigenvalue weighted by atomic mass is 10.1. The van der Waals surface area contributed by atoms with Crippen LogP contribution in [-0.2, 0) is 28.6 Å². The Morgan fingerprint density at radius 1 is 0.971 bits per heavy atom. The van der Waals surface area contributed by atoms with Crippen molar-refractivity contribution < 1.29 is 41.0 Å². The topological polar surface area (TPSA) is 102 Å². The highest BCUT2D eigenvalue weighted by Crippen LogP contribution is 2.36. The Kier molecular flexibility index (Phi) is 9.04. The summed E-state index contributed by atoms with van der Waals surface area (Å²) < 4.78 is 81.0. The molecule has 35 heavy (non-hydrogen) atoms. The van der Waals surface area contributed by atoms with Crippen molar-refractivity contribution in [3.05, 3.63) is 76.5 Å². The minimum atomic E-state index is -5.10. The number of alkyl halides is 6. The Balaban J connectivity index is 2.31. The molecular weight excluding hydrogens is 480 g/mol. The van der Waals surface area contributed by atoms with E-state index in [1.54, 1.807) is 35.6 Å². The van der Waals surface area contributed by atoms with Gasteiger partial charge < -0.3 is 21.1 Å². The summed E-state index contributed by atoms with van der Waals surface area (Å²) in [7, 11) is 0. The number of rotatable bonds is 10. The molecule has 4 N–H and O–H groups in total. The van der Waals surface area contributed by atoms with Gasteiger partial charge in [0.05, 0.1) is 23.2 Å². The quantitative estimate of drug-likeness (QED) is 0.160. The SMILES string of the molecule is N=C/C(C(=O)Nc1cc(CC(=O)O)ccc1C(F)(F)F)=C(\NCCCc1ccccc1)C(F)(F)F. The lowest BCUT2D eigenvalue weighted by Gasteiger charge is -2.19. The zero-order chi connectivity index (χ0) is 26.2. The van der Waals surface area contributed by atoms with E-state index < -0.39 is 53.2 Å². The fourth-order valence-corrected chi connectivity index (χ4v) is 3.17. The number of aryl methyl sites for hydroxylation is 1. The van der Waals surface area contributed by atoms with E-state index in [9.17, 15) is 35.9 Å². The molecule has 0 bridgehead atoms. The van der Waals surface area contributed by atoms with Crippen LogP contribution in [0.15, 0.2) is 59.8 Å². The van der Waals surface area contributed by atoms with E-state index in [4.69, 9.17) is 10.5 Å². The van der Waals surface area contributed by atoms with Gasteiger partial charge in [-0.2, -0.15) is 26.3 Å². The molecule has 12 heteroatoms.